The van der Waals surface area contributed by atoms with Crippen molar-refractivity contribution in [3.05, 3.63) is 29.3 Å². The molecule has 1 saturated heterocycles. The van der Waals surface area contributed by atoms with Gasteiger partial charge in [0, 0.05) is 13.1 Å². The van der Waals surface area contributed by atoms with Crippen LogP contribution in [0.15, 0.2) is 18.2 Å². The first-order chi connectivity index (χ1) is 12.8. The lowest BCUT2D eigenvalue weighted by molar-refractivity contribution is -0.155. The summed E-state index contributed by atoms with van der Waals surface area (Å²) < 4.78 is 10.8. The molecule has 1 fully saturated rings. The van der Waals surface area contributed by atoms with E-state index in [0.717, 1.165) is 11.1 Å². The molecule has 0 aromatic heterocycles. The molecule has 2 rings (SSSR count). The van der Waals surface area contributed by atoms with Crippen LogP contribution >= 0.6 is 0 Å². The number of benzene rings is 1. The molecule has 0 bridgehead atoms. The van der Waals surface area contributed by atoms with Gasteiger partial charge in [-0.3, -0.25) is 14.4 Å². The van der Waals surface area contributed by atoms with Gasteiger partial charge in [0.2, 0.25) is 5.91 Å². The fourth-order valence-electron chi connectivity index (χ4n) is 2.76. The second-order valence-electron chi connectivity index (χ2n) is 6.84. The number of amides is 2. The molecule has 7 heteroatoms. The van der Waals surface area contributed by atoms with Crippen molar-refractivity contribution in [2.75, 3.05) is 19.7 Å². The normalized spacial score (nSPS) is 17.9. The molecule has 7 nitrogen and oxygen atoms in total. The van der Waals surface area contributed by atoms with E-state index < -0.39 is 12.0 Å². The highest BCUT2D eigenvalue weighted by atomic mass is 16.5. The summed E-state index contributed by atoms with van der Waals surface area (Å²) in [6.45, 7) is 8.17. The molecule has 0 saturated carbocycles. The molecule has 2 unspecified atom stereocenters. The maximum atomic E-state index is 12.6. The number of carbonyl (C=O) groups is 3. The van der Waals surface area contributed by atoms with Crippen LogP contribution in [-0.2, 0) is 19.1 Å². The Kier molecular flexibility index (Phi) is 7.21. The Morgan fingerprint density at radius 3 is 2.70 bits per heavy atom. The lowest BCUT2D eigenvalue weighted by Crippen LogP contribution is -2.58. The van der Waals surface area contributed by atoms with Gasteiger partial charge in [-0.1, -0.05) is 13.0 Å². The standard InChI is InChI=1S/C20H28N2O5/c1-5-15(4)27-19(24)11-17-20(25)21-8-9-22(17)18(23)12-26-16-7-6-13(2)14(3)10-16/h6-7,10,15,17H,5,8-9,11-12H2,1-4H3,(H,21,25). The fourth-order valence-corrected chi connectivity index (χ4v) is 2.76. The monoisotopic (exact) mass is 376 g/mol. The molecule has 2 amide bonds. The summed E-state index contributed by atoms with van der Waals surface area (Å²) in [6.07, 6.45) is 0.307. The summed E-state index contributed by atoms with van der Waals surface area (Å²) in [6, 6.07) is 4.73. The van der Waals surface area contributed by atoms with Crippen LogP contribution in [0.25, 0.3) is 0 Å². The van der Waals surface area contributed by atoms with Crippen LogP contribution in [-0.4, -0.2) is 54.5 Å². The van der Waals surface area contributed by atoms with Crippen molar-refractivity contribution in [3.63, 3.8) is 0 Å². The van der Waals surface area contributed by atoms with Crippen LogP contribution in [0.1, 0.15) is 37.8 Å². The summed E-state index contributed by atoms with van der Waals surface area (Å²) in [7, 11) is 0. The van der Waals surface area contributed by atoms with Crippen molar-refractivity contribution >= 4 is 17.8 Å². The van der Waals surface area contributed by atoms with Crippen molar-refractivity contribution in [2.24, 2.45) is 0 Å². The molecule has 1 aromatic rings. The Bertz CT molecular complexity index is 704. The Labute approximate surface area is 160 Å². The number of esters is 1. The third kappa shape index (κ3) is 5.70. The van der Waals surface area contributed by atoms with E-state index in [-0.39, 0.29) is 30.9 Å². The first-order valence-corrected chi connectivity index (χ1v) is 9.28. The van der Waals surface area contributed by atoms with Gasteiger partial charge in [0.25, 0.3) is 5.91 Å². The molecular weight excluding hydrogens is 348 g/mol. The van der Waals surface area contributed by atoms with E-state index in [2.05, 4.69) is 5.32 Å². The predicted octanol–water partition coefficient (Wildman–Crippen LogP) is 1.74. The second kappa shape index (κ2) is 9.39. The zero-order chi connectivity index (χ0) is 20.0. The third-order valence-corrected chi connectivity index (χ3v) is 4.76. The van der Waals surface area contributed by atoms with Crippen LogP contribution in [0.4, 0.5) is 0 Å². The minimum absolute atomic E-state index is 0.161. The highest BCUT2D eigenvalue weighted by Gasteiger charge is 2.35. The van der Waals surface area contributed by atoms with E-state index in [1.807, 2.05) is 32.9 Å². The van der Waals surface area contributed by atoms with Crippen molar-refractivity contribution in [2.45, 2.75) is 52.7 Å². The van der Waals surface area contributed by atoms with E-state index in [0.29, 0.717) is 25.3 Å². The Hall–Kier alpha value is -2.57. The Morgan fingerprint density at radius 1 is 1.30 bits per heavy atom. The molecule has 1 aliphatic rings. The molecule has 27 heavy (non-hydrogen) atoms. The van der Waals surface area contributed by atoms with E-state index in [1.165, 1.54) is 4.90 Å². The van der Waals surface area contributed by atoms with Crippen LogP contribution in [0, 0.1) is 13.8 Å². The van der Waals surface area contributed by atoms with Gasteiger partial charge in [0.1, 0.15) is 11.8 Å². The van der Waals surface area contributed by atoms with Gasteiger partial charge in [-0.2, -0.15) is 0 Å². The molecule has 148 valence electrons. The lowest BCUT2D eigenvalue weighted by Gasteiger charge is -2.34. The van der Waals surface area contributed by atoms with Gasteiger partial charge in [0.15, 0.2) is 6.61 Å². The maximum Gasteiger partial charge on any atom is 0.308 e. The molecule has 0 aliphatic carbocycles. The molecule has 1 heterocycles. The second-order valence-corrected chi connectivity index (χ2v) is 6.84. The average molecular weight is 376 g/mol. The van der Waals surface area contributed by atoms with Crippen LogP contribution < -0.4 is 10.1 Å². The number of rotatable bonds is 7. The Morgan fingerprint density at radius 2 is 2.04 bits per heavy atom. The van der Waals surface area contributed by atoms with Crippen molar-refractivity contribution in [1.29, 1.82) is 0 Å². The molecular formula is C20H28N2O5. The maximum absolute atomic E-state index is 12.6. The van der Waals surface area contributed by atoms with E-state index in [9.17, 15) is 14.4 Å². The number of hydrogen-bond acceptors (Lipinski definition) is 5. The zero-order valence-corrected chi connectivity index (χ0v) is 16.4. The van der Waals surface area contributed by atoms with Crippen molar-refractivity contribution in [3.8, 4) is 5.75 Å². The minimum Gasteiger partial charge on any atom is -0.484 e. The summed E-state index contributed by atoms with van der Waals surface area (Å²) in [4.78, 5) is 38.3. The van der Waals surface area contributed by atoms with E-state index in [4.69, 9.17) is 9.47 Å². The fraction of sp³-hybridized carbons (Fsp3) is 0.550. The first kappa shape index (κ1) is 20.7. The van der Waals surface area contributed by atoms with E-state index in [1.54, 1.807) is 13.0 Å². The minimum atomic E-state index is -0.869. The third-order valence-electron chi connectivity index (χ3n) is 4.76. The highest BCUT2D eigenvalue weighted by Crippen LogP contribution is 2.17. The van der Waals surface area contributed by atoms with Gasteiger partial charge in [-0.05, 0) is 50.5 Å². The number of piperazine rings is 1. The van der Waals surface area contributed by atoms with Crippen LogP contribution in [0.3, 0.4) is 0 Å². The number of aryl methyl sites for hydroxylation is 2. The number of nitrogens with zero attached hydrogens (tertiary/aromatic N) is 1. The molecule has 0 spiro atoms. The van der Waals surface area contributed by atoms with Crippen molar-refractivity contribution in [1.82, 2.24) is 10.2 Å². The number of nitrogens with one attached hydrogen (secondary N) is 1. The molecule has 2 atom stereocenters. The lowest BCUT2D eigenvalue weighted by atomic mass is 10.1. The zero-order valence-electron chi connectivity index (χ0n) is 16.4. The van der Waals surface area contributed by atoms with Crippen LogP contribution in [0.5, 0.6) is 5.75 Å². The summed E-state index contributed by atoms with van der Waals surface area (Å²) in [5, 5.41) is 2.70. The molecule has 0 radical (unpaired) electrons. The average Bonchev–Trinajstić information content (AvgIpc) is 2.63. The smallest absolute Gasteiger partial charge is 0.308 e. The number of carbonyl (C=O) groups excluding carboxylic acids is 3. The predicted molar refractivity (Wildman–Crippen MR) is 100 cm³/mol. The first-order valence-electron chi connectivity index (χ1n) is 9.28. The summed E-state index contributed by atoms with van der Waals surface area (Å²) in [5.41, 5.74) is 2.21. The largest absolute Gasteiger partial charge is 0.484 e. The quantitative estimate of drug-likeness (QED) is 0.733. The topological polar surface area (TPSA) is 84.9 Å². The van der Waals surface area contributed by atoms with Gasteiger partial charge in [0.05, 0.1) is 12.5 Å². The molecule has 1 N–H and O–H groups in total. The van der Waals surface area contributed by atoms with Crippen molar-refractivity contribution < 1.29 is 23.9 Å². The number of ether oxygens (including phenoxy) is 2. The van der Waals surface area contributed by atoms with Gasteiger partial charge < -0.3 is 19.7 Å². The summed E-state index contributed by atoms with van der Waals surface area (Å²) >= 11 is 0. The highest BCUT2D eigenvalue weighted by molar-refractivity contribution is 5.92. The number of hydrogen-bond donors (Lipinski definition) is 1. The van der Waals surface area contributed by atoms with Gasteiger partial charge >= 0.3 is 5.97 Å². The summed E-state index contributed by atoms with van der Waals surface area (Å²) in [5.74, 6) is -0.564. The van der Waals surface area contributed by atoms with Gasteiger partial charge in [-0.25, -0.2) is 0 Å². The van der Waals surface area contributed by atoms with Crippen LogP contribution in [0.2, 0.25) is 0 Å². The van der Waals surface area contributed by atoms with Gasteiger partial charge in [-0.15, -0.1) is 0 Å². The SMILES string of the molecule is CCC(C)OC(=O)CC1C(=O)NCCN1C(=O)COc1ccc(C)c(C)c1. The molecule has 1 aromatic carbocycles. The molecule has 1 aliphatic heterocycles. The Balaban J connectivity index is 1.99. The van der Waals surface area contributed by atoms with E-state index >= 15 is 0 Å².